The van der Waals surface area contributed by atoms with Crippen molar-refractivity contribution in [3.8, 4) is 0 Å². The summed E-state index contributed by atoms with van der Waals surface area (Å²) in [7, 11) is 0. The second kappa shape index (κ2) is 2.19. The molecule has 2 heteroatoms. The molecular formula is C12H14N2. The van der Waals surface area contributed by atoms with E-state index in [1.165, 1.54) is 37.9 Å². The molecule has 4 rings (SSSR count). The lowest BCUT2D eigenvalue weighted by molar-refractivity contribution is 0.285. The second-order valence-corrected chi connectivity index (χ2v) is 5.05. The Hall–Kier alpha value is -0.890. The topological polar surface area (TPSA) is 16.1 Å². The molecule has 1 atom stereocenters. The van der Waals surface area contributed by atoms with E-state index < -0.39 is 0 Å². The zero-order chi connectivity index (χ0) is 9.17. The molecular weight excluding hydrogens is 172 g/mol. The van der Waals surface area contributed by atoms with Gasteiger partial charge in [-0.2, -0.15) is 0 Å². The number of fused-ring (bicyclic) bond motifs is 1. The minimum atomic E-state index is 0.616. The molecule has 2 aliphatic heterocycles. The largest absolute Gasteiger partial charge is 0.296 e. The summed E-state index contributed by atoms with van der Waals surface area (Å²) < 4.78 is 0. The van der Waals surface area contributed by atoms with E-state index in [1.54, 1.807) is 5.56 Å². The zero-order valence-electron chi connectivity index (χ0n) is 8.24. The van der Waals surface area contributed by atoms with Crippen LogP contribution in [0, 0.1) is 5.41 Å². The van der Waals surface area contributed by atoms with E-state index in [2.05, 4.69) is 22.1 Å². The molecule has 0 aromatic carbocycles. The van der Waals surface area contributed by atoms with E-state index in [4.69, 9.17) is 0 Å². The van der Waals surface area contributed by atoms with Crippen molar-refractivity contribution >= 4 is 0 Å². The van der Waals surface area contributed by atoms with Crippen molar-refractivity contribution in [2.24, 2.45) is 5.41 Å². The molecule has 0 amide bonds. The number of hydrogen-bond donors (Lipinski definition) is 0. The van der Waals surface area contributed by atoms with Gasteiger partial charge in [-0.05, 0) is 55.0 Å². The highest BCUT2D eigenvalue weighted by Crippen LogP contribution is 2.61. The average Bonchev–Trinajstić information content (AvgIpc) is 2.79. The number of aromatic nitrogens is 1. The van der Waals surface area contributed by atoms with Crippen molar-refractivity contribution < 1.29 is 0 Å². The van der Waals surface area contributed by atoms with Crippen molar-refractivity contribution in [1.82, 2.24) is 9.88 Å². The lowest BCUT2D eigenvalue weighted by Crippen LogP contribution is -2.21. The van der Waals surface area contributed by atoms with E-state index in [-0.39, 0.29) is 0 Å². The summed E-state index contributed by atoms with van der Waals surface area (Å²) >= 11 is 0. The number of hydrogen-bond acceptors (Lipinski definition) is 2. The Balaban J connectivity index is 1.94. The van der Waals surface area contributed by atoms with Crippen LogP contribution in [-0.4, -0.2) is 23.0 Å². The third-order valence-electron chi connectivity index (χ3n) is 4.52. The molecule has 0 radical (unpaired) electrons. The molecule has 2 fully saturated rings. The fourth-order valence-corrected chi connectivity index (χ4v) is 3.91. The van der Waals surface area contributed by atoms with Crippen LogP contribution in [0.4, 0.5) is 0 Å². The van der Waals surface area contributed by atoms with Crippen molar-refractivity contribution in [1.29, 1.82) is 0 Å². The summed E-state index contributed by atoms with van der Waals surface area (Å²) in [6.07, 6.45) is 8.18. The summed E-state index contributed by atoms with van der Waals surface area (Å²) in [5.41, 5.74) is 3.71. The van der Waals surface area contributed by atoms with Gasteiger partial charge in [0.2, 0.25) is 0 Å². The third kappa shape index (κ3) is 0.672. The summed E-state index contributed by atoms with van der Waals surface area (Å²) in [6.45, 7) is 2.64. The number of piperidine rings is 1. The Morgan fingerprint density at radius 1 is 1.36 bits per heavy atom. The molecule has 2 saturated heterocycles. The fraction of sp³-hybridized carbons (Fsp3) is 0.583. The summed E-state index contributed by atoms with van der Waals surface area (Å²) in [5.74, 6) is 0. The second-order valence-electron chi connectivity index (χ2n) is 5.05. The van der Waals surface area contributed by atoms with Gasteiger partial charge in [0.25, 0.3) is 0 Å². The van der Waals surface area contributed by atoms with Crippen LogP contribution in [0.15, 0.2) is 18.5 Å². The molecule has 3 aliphatic rings. The first-order chi connectivity index (χ1) is 6.89. The highest BCUT2D eigenvalue weighted by molar-refractivity contribution is 5.38. The Morgan fingerprint density at radius 2 is 2.21 bits per heavy atom. The molecule has 72 valence electrons. The standard InChI is InChI=1S/C12H14N2/c1-4-13-8-10-9(1)7-12-2-5-14(6-3-12)11(10)12/h1,4,8,11H,2-3,5-7H2/t11-/m0/s1. The molecule has 1 aliphatic carbocycles. The molecule has 0 saturated carbocycles. The van der Waals surface area contributed by atoms with Crippen LogP contribution in [0.25, 0.3) is 0 Å². The summed E-state index contributed by atoms with van der Waals surface area (Å²) in [6, 6.07) is 2.95. The predicted octanol–water partition coefficient (Wildman–Crippen LogP) is 1.77. The van der Waals surface area contributed by atoms with Gasteiger partial charge in [0.05, 0.1) is 0 Å². The molecule has 2 nitrogen and oxygen atoms in total. The molecule has 0 spiro atoms. The van der Waals surface area contributed by atoms with Crippen LogP contribution >= 0.6 is 0 Å². The molecule has 1 aromatic rings. The van der Waals surface area contributed by atoms with Crippen molar-refractivity contribution in [3.05, 3.63) is 29.6 Å². The van der Waals surface area contributed by atoms with Crippen LogP contribution in [0.1, 0.15) is 30.0 Å². The molecule has 0 N–H and O–H groups in total. The van der Waals surface area contributed by atoms with Crippen LogP contribution in [0.3, 0.4) is 0 Å². The lowest BCUT2D eigenvalue weighted by atomic mass is 9.80. The van der Waals surface area contributed by atoms with E-state index in [9.17, 15) is 0 Å². The van der Waals surface area contributed by atoms with E-state index in [0.717, 1.165) is 6.04 Å². The van der Waals surface area contributed by atoms with Gasteiger partial charge in [-0.1, -0.05) is 0 Å². The van der Waals surface area contributed by atoms with Crippen molar-refractivity contribution in [2.45, 2.75) is 25.3 Å². The number of rotatable bonds is 0. The molecule has 14 heavy (non-hydrogen) atoms. The van der Waals surface area contributed by atoms with Gasteiger partial charge in [0.15, 0.2) is 0 Å². The first kappa shape index (κ1) is 7.41. The van der Waals surface area contributed by atoms with Gasteiger partial charge in [-0.25, -0.2) is 0 Å². The average molecular weight is 186 g/mol. The zero-order valence-corrected chi connectivity index (χ0v) is 8.24. The maximum atomic E-state index is 4.28. The number of nitrogens with zero attached hydrogens (tertiary/aromatic N) is 2. The fourth-order valence-electron chi connectivity index (χ4n) is 3.91. The Morgan fingerprint density at radius 3 is 3.07 bits per heavy atom. The minimum Gasteiger partial charge on any atom is -0.296 e. The molecule has 3 heterocycles. The monoisotopic (exact) mass is 186 g/mol. The summed E-state index contributed by atoms with van der Waals surface area (Å²) in [5, 5.41) is 0. The molecule has 1 aromatic heterocycles. The first-order valence-corrected chi connectivity index (χ1v) is 5.56. The van der Waals surface area contributed by atoms with Crippen molar-refractivity contribution in [2.75, 3.05) is 13.1 Å². The highest BCUT2D eigenvalue weighted by atomic mass is 15.2. The SMILES string of the molecule is c1cc2c(cn1)[C@@H]1N3CCC1(CC3)C2. The maximum absolute atomic E-state index is 4.28. The van der Waals surface area contributed by atoms with E-state index in [1.807, 2.05) is 6.20 Å². The minimum absolute atomic E-state index is 0.616. The lowest BCUT2D eigenvalue weighted by Gasteiger charge is -2.22. The van der Waals surface area contributed by atoms with Crippen molar-refractivity contribution in [3.63, 3.8) is 0 Å². The van der Waals surface area contributed by atoms with Crippen LogP contribution in [-0.2, 0) is 6.42 Å². The normalized spacial score (nSPS) is 42.6. The van der Waals surface area contributed by atoms with Gasteiger partial charge in [-0.15, -0.1) is 0 Å². The Labute approximate surface area is 83.9 Å². The van der Waals surface area contributed by atoms with Gasteiger partial charge in [0, 0.05) is 18.4 Å². The number of pyridine rings is 1. The first-order valence-electron chi connectivity index (χ1n) is 5.56. The van der Waals surface area contributed by atoms with Crippen LogP contribution < -0.4 is 0 Å². The van der Waals surface area contributed by atoms with Gasteiger partial charge in [0.1, 0.15) is 0 Å². The predicted molar refractivity (Wildman–Crippen MR) is 53.9 cm³/mol. The molecule has 2 bridgehead atoms. The van der Waals surface area contributed by atoms with Gasteiger partial charge >= 0.3 is 0 Å². The van der Waals surface area contributed by atoms with E-state index >= 15 is 0 Å². The Bertz CT molecular complexity index is 391. The van der Waals surface area contributed by atoms with Crippen LogP contribution in [0.2, 0.25) is 0 Å². The van der Waals surface area contributed by atoms with Gasteiger partial charge < -0.3 is 0 Å². The highest BCUT2D eigenvalue weighted by Gasteiger charge is 2.56. The van der Waals surface area contributed by atoms with Gasteiger partial charge in [-0.3, -0.25) is 9.88 Å². The molecule has 0 unspecified atom stereocenters. The third-order valence-corrected chi connectivity index (χ3v) is 4.52. The summed E-state index contributed by atoms with van der Waals surface area (Å²) in [4.78, 5) is 6.94. The van der Waals surface area contributed by atoms with Crippen LogP contribution in [0.5, 0.6) is 0 Å². The van der Waals surface area contributed by atoms with E-state index in [0.29, 0.717) is 5.41 Å². The Kier molecular flexibility index (Phi) is 1.16. The smallest absolute Gasteiger partial charge is 0.0426 e. The quantitative estimate of drug-likeness (QED) is 0.614. The maximum Gasteiger partial charge on any atom is 0.0426 e.